The SMILES string of the molecule is Cl.O=C(NCCCNC(=O)c1ccn(C2CCCNC2)n1)c1ccc(F)cc1. The van der Waals surface area contributed by atoms with Crippen LogP contribution >= 0.6 is 12.4 Å². The second-order valence-corrected chi connectivity index (χ2v) is 6.55. The monoisotopic (exact) mass is 409 g/mol. The molecule has 1 unspecified atom stereocenters. The Hall–Kier alpha value is -2.45. The molecule has 2 aromatic rings. The maximum absolute atomic E-state index is 12.8. The molecule has 2 amide bonds. The minimum Gasteiger partial charge on any atom is -0.352 e. The molecule has 1 saturated heterocycles. The van der Waals surface area contributed by atoms with E-state index in [0.29, 0.717) is 36.8 Å². The standard InChI is InChI=1S/C19H24FN5O2.ClH/c20-15-6-4-14(5-7-15)18(26)22-10-2-11-23-19(27)17-8-12-25(24-17)16-3-1-9-21-13-16;/h4-8,12,16,21H,1-3,9-11,13H2,(H,22,26)(H,23,27);1H. The van der Waals surface area contributed by atoms with E-state index < -0.39 is 0 Å². The van der Waals surface area contributed by atoms with Gasteiger partial charge in [0, 0.05) is 31.4 Å². The van der Waals surface area contributed by atoms with Gasteiger partial charge in [-0.15, -0.1) is 12.4 Å². The van der Waals surface area contributed by atoms with E-state index in [1.54, 1.807) is 6.07 Å². The molecule has 28 heavy (non-hydrogen) atoms. The molecule has 2 heterocycles. The number of rotatable bonds is 7. The lowest BCUT2D eigenvalue weighted by Crippen LogP contribution is -2.32. The lowest BCUT2D eigenvalue weighted by atomic mass is 10.1. The van der Waals surface area contributed by atoms with Crippen molar-refractivity contribution in [3.05, 3.63) is 53.6 Å². The zero-order valence-electron chi connectivity index (χ0n) is 15.5. The minimum atomic E-state index is -0.378. The smallest absolute Gasteiger partial charge is 0.271 e. The average Bonchev–Trinajstić information content (AvgIpc) is 3.19. The Morgan fingerprint density at radius 2 is 1.86 bits per heavy atom. The van der Waals surface area contributed by atoms with Gasteiger partial charge in [-0.05, 0) is 56.1 Å². The van der Waals surface area contributed by atoms with Gasteiger partial charge in [-0.25, -0.2) is 4.39 Å². The predicted octanol–water partition coefficient (Wildman–Crippen LogP) is 1.92. The summed E-state index contributed by atoms with van der Waals surface area (Å²) in [5, 5.41) is 13.2. The van der Waals surface area contributed by atoms with E-state index in [-0.39, 0.29) is 30.0 Å². The molecule has 1 aromatic heterocycles. The number of nitrogens with zero attached hydrogens (tertiary/aromatic N) is 2. The number of piperidine rings is 1. The summed E-state index contributed by atoms with van der Waals surface area (Å²) in [5.41, 5.74) is 0.805. The number of carbonyl (C=O) groups excluding carboxylic acids is 2. The molecule has 3 rings (SSSR count). The van der Waals surface area contributed by atoms with E-state index in [0.717, 1.165) is 25.9 Å². The average molecular weight is 410 g/mol. The molecule has 0 saturated carbocycles. The van der Waals surface area contributed by atoms with Crippen LogP contribution in [0.5, 0.6) is 0 Å². The van der Waals surface area contributed by atoms with Gasteiger partial charge in [0.25, 0.3) is 11.8 Å². The Morgan fingerprint density at radius 1 is 1.14 bits per heavy atom. The first-order valence-corrected chi connectivity index (χ1v) is 9.21. The fraction of sp³-hybridized carbons (Fsp3) is 0.421. The van der Waals surface area contributed by atoms with Crippen LogP contribution in [-0.2, 0) is 0 Å². The molecule has 0 spiro atoms. The summed E-state index contributed by atoms with van der Waals surface area (Å²) >= 11 is 0. The first kappa shape index (κ1) is 21.8. The van der Waals surface area contributed by atoms with Crippen LogP contribution in [0.25, 0.3) is 0 Å². The Labute approximate surface area is 169 Å². The van der Waals surface area contributed by atoms with Crippen LogP contribution in [0.2, 0.25) is 0 Å². The van der Waals surface area contributed by atoms with Crippen molar-refractivity contribution >= 4 is 24.2 Å². The highest BCUT2D eigenvalue weighted by molar-refractivity contribution is 5.94. The number of hydrogen-bond donors (Lipinski definition) is 3. The number of hydrogen-bond acceptors (Lipinski definition) is 4. The summed E-state index contributed by atoms with van der Waals surface area (Å²) in [5.74, 6) is -0.861. The van der Waals surface area contributed by atoms with Crippen molar-refractivity contribution in [2.75, 3.05) is 26.2 Å². The Morgan fingerprint density at radius 3 is 2.54 bits per heavy atom. The topological polar surface area (TPSA) is 88.0 Å². The molecule has 9 heteroatoms. The molecule has 3 N–H and O–H groups in total. The number of benzene rings is 1. The van der Waals surface area contributed by atoms with Crippen molar-refractivity contribution in [2.45, 2.75) is 25.3 Å². The maximum atomic E-state index is 12.8. The highest BCUT2D eigenvalue weighted by Crippen LogP contribution is 2.15. The van der Waals surface area contributed by atoms with Crippen LogP contribution in [0.3, 0.4) is 0 Å². The van der Waals surface area contributed by atoms with E-state index in [9.17, 15) is 14.0 Å². The van der Waals surface area contributed by atoms with Gasteiger partial charge in [-0.2, -0.15) is 5.10 Å². The molecule has 0 radical (unpaired) electrons. The van der Waals surface area contributed by atoms with Gasteiger partial charge in [0.2, 0.25) is 0 Å². The zero-order valence-corrected chi connectivity index (χ0v) is 16.3. The largest absolute Gasteiger partial charge is 0.352 e. The van der Waals surface area contributed by atoms with Crippen molar-refractivity contribution in [2.24, 2.45) is 0 Å². The van der Waals surface area contributed by atoms with Crippen molar-refractivity contribution in [1.29, 1.82) is 0 Å². The fourth-order valence-electron chi connectivity index (χ4n) is 3.01. The number of halogens is 2. The molecule has 0 aliphatic carbocycles. The third-order valence-electron chi connectivity index (χ3n) is 4.52. The van der Waals surface area contributed by atoms with Crippen molar-refractivity contribution in [1.82, 2.24) is 25.7 Å². The summed E-state index contributed by atoms with van der Waals surface area (Å²) < 4.78 is 14.7. The Bertz CT molecular complexity index is 775. The fourth-order valence-corrected chi connectivity index (χ4v) is 3.01. The van der Waals surface area contributed by atoms with Crippen LogP contribution < -0.4 is 16.0 Å². The molecule has 152 valence electrons. The summed E-state index contributed by atoms with van der Waals surface area (Å²) in [6.45, 7) is 2.75. The molecular formula is C19H25ClFN5O2. The number of aromatic nitrogens is 2. The zero-order chi connectivity index (χ0) is 19.1. The number of carbonyl (C=O) groups is 2. The van der Waals surface area contributed by atoms with E-state index >= 15 is 0 Å². The summed E-state index contributed by atoms with van der Waals surface area (Å²) in [4.78, 5) is 24.1. The molecule has 7 nitrogen and oxygen atoms in total. The van der Waals surface area contributed by atoms with Gasteiger partial charge in [0.05, 0.1) is 6.04 Å². The van der Waals surface area contributed by atoms with E-state index in [1.165, 1.54) is 24.3 Å². The van der Waals surface area contributed by atoms with Gasteiger partial charge in [-0.1, -0.05) is 0 Å². The normalized spacial score (nSPS) is 16.1. The van der Waals surface area contributed by atoms with Crippen LogP contribution in [0.1, 0.15) is 46.2 Å². The van der Waals surface area contributed by atoms with E-state index in [1.807, 2.05) is 10.9 Å². The summed E-state index contributed by atoms with van der Waals surface area (Å²) in [6.07, 6.45) is 4.60. The van der Waals surface area contributed by atoms with Gasteiger partial charge >= 0.3 is 0 Å². The Kier molecular flexibility index (Phi) is 8.41. The highest BCUT2D eigenvalue weighted by atomic mass is 35.5. The molecule has 1 aliphatic heterocycles. The maximum Gasteiger partial charge on any atom is 0.271 e. The second-order valence-electron chi connectivity index (χ2n) is 6.55. The third-order valence-corrected chi connectivity index (χ3v) is 4.52. The molecule has 1 atom stereocenters. The minimum absolute atomic E-state index is 0. The Balaban J connectivity index is 0.00000280. The first-order valence-electron chi connectivity index (χ1n) is 9.21. The van der Waals surface area contributed by atoms with Gasteiger partial charge in [-0.3, -0.25) is 14.3 Å². The van der Waals surface area contributed by atoms with Crippen LogP contribution in [0.4, 0.5) is 4.39 Å². The summed E-state index contributed by atoms with van der Waals surface area (Å²) in [7, 11) is 0. The number of nitrogens with one attached hydrogen (secondary N) is 3. The van der Waals surface area contributed by atoms with Gasteiger partial charge in [0.1, 0.15) is 11.5 Å². The van der Waals surface area contributed by atoms with Crippen molar-refractivity contribution in [3.8, 4) is 0 Å². The second kappa shape index (κ2) is 10.8. The van der Waals surface area contributed by atoms with Gasteiger partial charge < -0.3 is 16.0 Å². The van der Waals surface area contributed by atoms with E-state index in [2.05, 4.69) is 21.0 Å². The lowest BCUT2D eigenvalue weighted by Gasteiger charge is -2.22. The van der Waals surface area contributed by atoms with Gasteiger partial charge in [0.15, 0.2) is 0 Å². The number of amides is 2. The highest BCUT2D eigenvalue weighted by Gasteiger charge is 2.17. The third kappa shape index (κ3) is 6.03. The lowest BCUT2D eigenvalue weighted by molar-refractivity contribution is 0.0946. The van der Waals surface area contributed by atoms with Crippen LogP contribution in [0.15, 0.2) is 36.5 Å². The molecule has 1 aromatic carbocycles. The molecule has 0 bridgehead atoms. The quantitative estimate of drug-likeness (QED) is 0.609. The van der Waals surface area contributed by atoms with Crippen LogP contribution in [0, 0.1) is 5.82 Å². The van der Waals surface area contributed by atoms with Crippen molar-refractivity contribution in [3.63, 3.8) is 0 Å². The molecule has 1 fully saturated rings. The van der Waals surface area contributed by atoms with Crippen LogP contribution in [-0.4, -0.2) is 47.8 Å². The predicted molar refractivity (Wildman–Crippen MR) is 106 cm³/mol. The molecular weight excluding hydrogens is 385 g/mol. The molecule has 1 aliphatic rings. The first-order chi connectivity index (χ1) is 13.1. The van der Waals surface area contributed by atoms with Crippen molar-refractivity contribution < 1.29 is 14.0 Å². The van der Waals surface area contributed by atoms with E-state index in [4.69, 9.17) is 0 Å². The summed E-state index contributed by atoms with van der Waals surface area (Å²) in [6, 6.07) is 7.38.